The molecule has 0 bridgehead atoms. The molecule has 9 heteroatoms. The van der Waals surface area contributed by atoms with Gasteiger partial charge in [0.1, 0.15) is 12.4 Å². The molecular weight excluding hydrogens is 550 g/mol. The number of carbonyl (C=O) groups is 1. The fourth-order valence-corrected chi connectivity index (χ4v) is 7.50. The molecule has 4 heterocycles. The van der Waals surface area contributed by atoms with Gasteiger partial charge in [-0.05, 0) is 75.7 Å². The van der Waals surface area contributed by atoms with Gasteiger partial charge >= 0.3 is 6.01 Å². The highest BCUT2D eigenvalue weighted by molar-refractivity contribution is 5.87. The predicted octanol–water partition coefficient (Wildman–Crippen LogP) is 4.36. The Kier molecular flexibility index (Phi) is 8.90. The number of piperazine rings is 1. The molecule has 44 heavy (non-hydrogen) atoms. The number of nitriles is 1. The van der Waals surface area contributed by atoms with E-state index in [0.29, 0.717) is 50.8 Å². The third kappa shape index (κ3) is 6.05. The number of nitrogens with zero attached hydrogens (tertiary/aromatic N) is 7. The first-order valence-electron chi connectivity index (χ1n) is 16.2. The summed E-state index contributed by atoms with van der Waals surface area (Å²) in [5.74, 6) is 1.23. The minimum absolute atomic E-state index is 0.127. The number of likely N-dealkylation sites (N-methyl/N-ethyl adjacent to an activating group) is 1. The molecule has 2 fully saturated rings. The molecule has 2 saturated heterocycles. The number of hydrogen-bond donors (Lipinski definition) is 0. The molecule has 1 amide bonds. The molecule has 232 valence electrons. The zero-order valence-corrected chi connectivity index (χ0v) is 26.5. The predicted molar refractivity (Wildman–Crippen MR) is 172 cm³/mol. The first kappa shape index (κ1) is 30.1. The van der Waals surface area contributed by atoms with Gasteiger partial charge in [-0.1, -0.05) is 37.8 Å². The van der Waals surface area contributed by atoms with Gasteiger partial charge in [0, 0.05) is 49.0 Å². The smallest absolute Gasteiger partial charge is 0.318 e. The minimum atomic E-state index is -0.225. The van der Waals surface area contributed by atoms with E-state index in [9.17, 15) is 10.1 Å². The Morgan fingerprint density at radius 2 is 2.02 bits per heavy atom. The molecule has 0 radical (unpaired) electrons. The lowest BCUT2D eigenvalue weighted by Crippen LogP contribution is -2.55. The van der Waals surface area contributed by atoms with Crippen LogP contribution in [0.1, 0.15) is 60.6 Å². The number of ether oxygens (including phenoxy) is 1. The highest BCUT2D eigenvalue weighted by atomic mass is 16.5. The fourth-order valence-electron chi connectivity index (χ4n) is 7.50. The number of fused-ring (bicyclic) bond motifs is 2. The van der Waals surface area contributed by atoms with Gasteiger partial charge in [0.25, 0.3) is 0 Å². The average Bonchev–Trinajstić information content (AvgIpc) is 3.30. The van der Waals surface area contributed by atoms with Crippen LogP contribution in [-0.2, 0) is 24.2 Å². The first-order chi connectivity index (χ1) is 21.4. The second-order valence-corrected chi connectivity index (χ2v) is 12.9. The number of amides is 1. The van der Waals surface area contributed by atoms with E-state index in [4.69, 9.17) is 14.7 Å². The van der Waals surface area contributed by atoms with E-state index in [1.165, 1.54) is 34.9 Å². The van der Waals surface area contributed by atoms with Crippen molar-refractivity contribution in [3.63, 3.8) is 0 Å². The molecular formula is C35H45N7O2. The number of anilines is 1. The molecule has 1 aromatic heterocycles. The molecule has 2 aromatic rings. The number of aromatic nitrogens is 2. The Balaban J connectivity index is 1.35. The third-order valence-corrected chi connectivity index (χ3v) is 9.83. The van der Waals surface area contributed by atoms with Gasteiger partial charge < -0.3 is 24.3 Å². The number of aryl methyl sites for hydroxylation is 1. The van der Waals surface area contributed by atoms with E-state index in [2.05, 4.69) is 72.5 Å². The maximum atomic E-state index is 12.6. The lowest BCUT2D eigenvalue weighted by molar-refractivity contribution is -0.128. The quantitative estimate of drug-likeness (QED) is 0.437. The van der Waals surface area contributed by atoms with Crippen LogP contribution < -0.4 is 9.64 Å². The van der Waals surface area contributed by atoms with Crippen molar-refractivity contribution in [2.24, 2.45) is 5.92 Å². The summed E-state index contributed by atoms with van der Waals surface area (Å²) in [6.45, 7) is 13.2. The van der Waals surface area contributed by atoms with Crippen LogP contribution >= 0.6 is 0 Å². The number of likely N-dealkylation sites (tertiary alicyclic amines) is 1. The highest BCUT2D eigenvalue weighted by Crippen LogP contribution is 2.38. The lowest BCUT2D eigenvalue weighted by atomic mass is 9.85. The second kappa shape index (κ2) is 13.0. The summed E-state index contributed by atoms with van der Waals surface area (Å²) < 4.78 is 6.37. The third-order valence-electron chi connectivity index (χ3n) is 9.83. The van der Waals surface area contributed by atoms with Gasteiger partial charge in [-0.3, -0.25) is 4.79 Å². The number of hydrogen-bond acceptors (Lipinski definition) is 8. The molecule has 4 aliphatic rings. The van der Waals surface area contributed by atoms with Crippen molar-refractivity contribution in [2.75, 3.05) is 51.3 Å². The molecule has 1 aliphatic carbocycles. The molecule has 1 unspecified atom stereocenters. The number of rotatable bonds is 7. The van der Waals surface area contributed by atoms with Gasteiger partial charge in [-0.15, -0.1) is 0 Å². The molecule has 9 nitrogen and oxygen atoms in total. The topological polar surface area (TPSA) is 88.8 Å². The maximum absolute atomic E-state index is 12.6. The average molecular weight is 596 g/mol. The summed E-state index contributed by atoms with van der Waals surface area (Å²) >= 11 is 0. The van der Waals surface area contributed by atoms with Gasteiger partial charge in [0.05, 0.1) is 30.8 Å². The molecule has 0 spiro atoms. The van der Waals surface area contributed by atoms with Crippen molar-refractivity contribution in [2.45, 2.75) is 71.0 Å². The zero-order chi connectivity index (χ0) is 30.8. The summed E-state index contributed by atoms with van der Waals surface area (Å²) in [5.41, 5.74) is 7.58. The minimum Gasteiger partial charge on any atom is -0.462 e. The van der Waals surface area contributed by atoms with Crippen LogP contribution in [0.2, 0.25) is 0 Å². The van der Waals surface area contributed by atoms with Crippen molar-refractivity contribution >= 4 is 17.4 Å². The molecule has 6 rings (SSSR count). The van der Waals surface area contributed by atoms with Crippen LogP contribution in [0.3, 0.4) is 0 Å². The Morgan fingerprint density at radius 3 is 2.80 bits per heavy atom. The fraction of sp³-hybridized carbons (Fsp3) is 0.543. The first-order valence-corrected chi connectivity index (χ1v) is 16.2. The molecule has 1 aromatic carbocycles. The summed E-state index contributed by atoms with van der Waals surface area (Å²) in [6, 6.07) is 9.51. The molecule has 0 saturated carbocycles. The van der Waals surface area contributed by atoms with Gasteiger partial charge in [-0.25, -0.2) is 0 Å². The monoisotopic (exact) mass is 595 g/mol. The van der Waals surface area contributed by atoms with E-state index in [1.807, 2.05) is 0 Å². The van der Waals surface area contributed by atoms with E-state index in [-0.39, 0.29) is 18.4 Å². The van der Waals surface area contributed by atoms with Crippen LogP contribution in [0.25, 0.3) is 5.70 Å². The largest absolute Gasteiger partial charge is 0.462 e. The summed E-state index contributed by atoms with van der Waals surface area (Å²) in [5, 5.41) is 9.58. The number of benzene rings is 1. The molecule has 3 atom stereocenters. The maximum Gasteiger partial charge on any atom is 0.318 e. The highest BCUT2D eigenvalue weighted by Gasteiger charge is 2.34. The van der Waals surface area contributed by atoms with Crippen molar-refractivity contribution in [3.05, 3.63) is 64.9 Å². The standard InChI is InChI=1S/C35H45N7O2/c1-5-32(43)42-18-17-41(21-27(42)13-14-36)34-29-12-8-16-40(31-20-24(2)19-26-10-6-9-25(3)33(26)31)22-30(29)37-35(38-34)44-23-28-11-7-15-39(28)4/h5-6,9-10,20,24,27-28H,1,7-8,11-13,15-19,21-23H2,2-4H3/t24?,27-,28-/m0/s1. The van der Waals surface area contributed by atoms with Gasteiger partial charge in [0.15, 0.2) is 0 Å². The Bertz CT molecular complexity index is 1480. The van der Waals surface area contributed by atoms with Crippen molar-refractivity contribution < 1.29 is 9.53 Å². The number of carbonyl (C=O) groups excluding carboxylic acids is 1. The Morgan fingerprint density at radius 1 is 1.16 bits per heavy atom. The SMILES string of the molecule is C=CC(=O)N1CCN(c2nc(OC[C@@H]3CCCN3C)nc3c2CCCN(C2=CC(C)Cc4cccc(C)c42)C3)C[C@@H]1CC#N. The second-order valence-electron chi connectivity index (χ2n) is 12.9. The molecule has 0 N–H and O–H groups in total. The van der Waals surface area contributed by atoms with E-state index >= 15 is 0 Å². The van der Waals surface area contributed by atoms with Crippen LogP contribution in [0.4, 0.5) is 5.82 Å². The van der Waals surface area contributed by atoms with Gasteiger partial charge in [-0.2, -0.15) is 15.2 Å². The molecule has 3 aliphatic heterocycles. The van der Waals surface area contributed by atoms with E-state index in [0.717, 1.165) is 55.8 Å². The van der Waals surface area contributed by atoms with Crippen LogP contribution in [0, 0.1) is 24.2 Å². The Hall–Kier alpha value is -3.90. The summed E-state index contributed by atoms with van der Waals surface area (Å²) in [7, 11) is 2.15. The van der Waals surface area contributed by atoms with Crippen LogP contribution in [0.15, 0.2) is 36.9 Å². The van der Waals surface area contributed by atoms with Crippen molar-refractivity contribution in [1.29, 1.82) is 5.26 Å². The Labute approximate surface area is 261 Å². The normalized spacial score (nSPS) is 23.7. The lowest BCUT2D eigenvalue weighted by Gasteiger charge is -2.41. The van der Waals surface area contributed by atoms with Crippen LogP contribution in [0.5, 0.6) is 6.01 Å². The van der Waals surface area contributed by atoms with Crippen LogP contribution in [-0.4, -0.2) is 89.0 Å². The van der Waals surface area contributed by atoms with E-state index in [1.54, 1.807) is 4.90 Å². The van der Waals surface area contributed by atoms with Crippen molar-refractivity contribution in [1.82, 2.24) is 24.7 Å². The van der Waals surface area contributed by atoms with Gasteiger partial charge in [0.2, 0.25) is 5.91 Å². The summed E-state index contributed by atoms with van der Waals surface area (Å²) in [6.07, 6.45) is 9.26. The summed E-state index contributed by atoms with van der Waals surface area (Å²) in [4.78, 5) is 31.6. The van der Waals surface area contributed by atoms with Crippen molar-refractivity contribution in [3.8, 4) is 12.1 Å². The zero-order valence-electron chi connectivity index (χ0n) is 26.5. The van der Waals surface area contributed by atoms with E-state index < -0.39 is 0 Å². The number of allylic oxidation sites excluding steroid dienone is 1.